The second-order valence-electron chi connectivity index (χ2n) is 8.17. The molecule has 2 amide bonds. The maximum atomic E-state index is 13.9. The van der Waals surface area contributed by atoms with E-state index in [0.717, 1.165) is 31.5 Å². The number of carbonyl (C=O) groups excluding carboxylic acids is 2. The molecule has 0 radical (unpaired) electrons. The Kier molecular flexibility index (Phi) is 5.64. The largest absolute Gasteiger partial charge is 0.375 e. The number of hydrogen-bond acceptors (Lipinski definition) is 4. The van der Waals surface area contributed by atoms with E-state index < -0.39 is 0 Å². The summed E-state index contributed by atoms with van der Waals surface area (Å²) < 4.78 is 18.9. The lowest BCUT2D eigenvalue weighted by Crippen LogP contribution is -2.42. The van der Waals surface area contributed by atoms with Gasteiger partial charge in [-0.3, -0.25) is 9.59 Å². The van der Waals surface area contributed by atoms with Gasteiger partial charge in [-0.05, 0) is 43.6 Å². The zero-order valence-electron chi connectivity index (χ0n) is 16.3. The summed E-state index contributed by atoms with van der Waals surface area (Å²) in [5, 5.41) is 3.30. The smallest absolute Gasteiger partial charge is 0.249 e. The van der Waals surface area contributed by atoms with Gasteiger partial charge in [-0.25, -0.2) is 4.39 Å². The molecule has 1 N–H and O–H groups in total. The average molecular weight is 389 g/mol. The van der Waals surface area contributed by atoms with Gasteiger partial charge in [-0.15, -0.1) is 0 Å². The van der Waals surface area contributed by atoms with Crippen LogP contribution in [0.4, 0.5) is 4.39 Å². The van der Waals surface area contributed by atoms with Crippen molar-refractivity contribution in [3.63, 3.8) is 0 Å². The molecule has 1 aromatic rings. The first-order valence-corrected chi connectivity index (χ1v) is 10.1. The van der Waals surface area contributed by atoms with Crippen LogP contribution in [0.1, 0.15) is 24.4 Å². The van der Waals surface area contributed by atoms with E-state index in [1.54, 1.807) is 6.07 Å². The zero-order chi connectivity index (χ0) is 19.7. The first-order valence-electron chi connectivity index (χ1n) is 10.1. The van der Waals surface area contributed by atoms with Crippen LogP contribution in [0.25, 0.3) is 0 Å². The Bertz CT molecular complexity index is 737. The number of nitrogens with one attached hydrogen (secondary N) is 1. The lowest BCUT2D eigenvalue weighted by atomic mass is 9.89. The second-order valence-corrected chi connectivity index (χ2v) is 8.17. The number of benzene rings is 1. The van der Waals surface area contributed by atoms with Crippen molar-refractivity contribution in [1.29, 1.82) is 0 Å². The van der Waals surface area contributed by atoms with Crippen LogP contribution in [0.5, 0.6) is 0 Å². The number of likely N-dealkylation sites (tertiary alicyclic amines) is 2. The molecule has 0 spiro atoms. The summed E-state index contributed by atoms with van der Waals surface area (Å²) in [6, 6.07) is 6.27. The van der Waals surface area contributed by atoms with Crippen LogP contribution in [0, 0.1) is 23.6 Å². The number of nitrogens with zero attached hydrogens (tertiary/aromatic N) is 2. The van der Waals surface area contributed by atoms with Gasteiger partial charge in [0.1, 0.15) is 12.4 Å². The molecule has 7 heteroatoms. The van der Waals surface area contributed by atoms with Crippen molar-refractivity contribution >= 4 is 11.8 Å². The molecule has 0 unspecified atom stereocenters. The van der Waals surface area contributed by atoms with Crippen LogP contribution in [-0.4, -0.2) is 68.1 Å². The van der Waals surface area contributed by atoms with Crippen molar-refractivity contribution in [2.45, 2.75) is 18.9 Å². The maximum Gasteiger partial charge on any atom is 0.249 e. The highest BCUT2D eigenvalue weighted by atomic mass is 19.1. The van der Waals surface area contributed by atoms with E-state index in [4.69, 9.17) is 4.74 Å². The number of halogens is 1. The maximum absolute atomic E-state index is 13.9. The predicted molar refractivity (Wildman–Crippen MR) is 102 cm³/mol. The topological polar surface area (TPSA) is 61.9 Å². The lowest BCUT2D eigenvalue weighted by molar-refractivity contribution is -0.137. The SMILES string of the molecule is COCC(=O)N1C[C@H]2CN(C(=O)C3CCNCC3)C[C@H]2[C@@H]1c1cccc(F)c1. The fourth-order valence-corrected chi connectivity index (χ4v) is 5.13. The fraction of sp³-hybridized carbons (Fsp3) is 0.619. The van der Waals surface area contributed by atoms with E-state index >= 15 is 0 Å². The number of carbonyl (C=O) groups is 2. The molecule has 3 saturated heterocycles. The molecule has 3 heterocycles. The number of rotatable bonds is 4. The molecule has 3 fully saturated rings. The van der Waals surface area contributed by atoms with Gasteiger partial charge in [0.25, 0.3) is 0 Å². The van der Waals surface area contributed by atoms with E-state index in [-0.39, 0.29) is 48.0 Å². The highest BCUT2D eigenvalue weighted by Crippen LogP contribution is 2.45. The van der Waals surface area contributed by atoms with Crippen molar-refractivity contribution in [3.05, 3.63) is 35.6 Å². The van der Waals surface area contributed by atoms with Crippen molar-refractivity contribution < 1.29 is 18.7 Å². The van der Waals surface area contributed by atoms with Gasteiger partial charge in [0.05, 0.1) is 6.04 Å². The Morgan fingerprint density at radius 1 is 1.21 bits per heavy atom. The Morgan fingerprint density at radius 3 is 2.71 bits per heavy atom. The van der Waals surface area contributed by atoms with Gasteiger partial charge in [-0.1, -0.05) is 12.1 Å². The molecular formula is C21H28FN3O3. The fourth-order valence-electron chi connectivity index (χ4n) is 5.13. The highest BCUT2D eigenvalue weighted by molar-refractivity contribution is 5.80. The van der Waals surface area contributed by atoms with Gasteiger partial charge in [0.2, 0.25) is 11.8 Å². The molecule has 3 atom stereocenters. The molecule has 152 valence electrons. The number of methoxy groups -OCH3 is 1. The Labute approximate surface area is 165 Å². The third-order valence-corrected chi connectivity index (χ3v) is 6.44. The van der Waals surface area contributed by atoms with E-state index in [9.17, 15) is 14.0 Å². The summed E-state index contributed by atoms with van der Waals surface area (Å²) in [5.74, 6) is 0.304. The molecule has 0 aromatic heterocycles. The molecule has 0 aliphatic carbocycles. The third-order valence-electron chi connectivity index (χ3n) is 6.44. The summed E-state index contributed by atoms with van der Waals surface area (Å²) in [4.78, 5) is 29.4. The molecule has 0 bridgehead atoms. The van der Waals surface area contributed by atoms with Gasteiger partial charge in [0, 0.05) is 44.5 Å². The van der Waals surface area contributed by atoms with Crippen LogP contribution in [0.2, 0.25) is 0 Å². The Morgan fingerprint density at radius 2 is 2.00 bits per heavy atom. The first-order chi connectivity index (χ1) is 13.6. The summed E-state index contributed by atoms with van der Waals surface area (Å²) in [5.41, 5.74) is 0.799. The van der Waals surface area contributed by atoms with E-state index in [0.29, 0.717) is 19.6 Å². The van der Waals surface area contributed by atoms with Crippen LogP contribution >= 0.6 is 0 Å². The number of ether oxygens (including phenoxy) is 1. The van der Waals surface area contributed by atoms with Gasteiger partial charge >= 0.3 is 0 Å². The van der Waals surface area contributed by atoms with Gasteiger partial charge in [0.15, 0.2) is 0 Å². The predicted octanol–water partition coefficient (Wildman–Crippen LogP) is 1.43. The normalized spacial score (nSPS) is 27.9. The quantitative estimate of drug-likeness (QED) is 0.846. The molecule has 3 aliphatic heterocycles. The summed E-state index contributed by atoms with van der Waals surface area (Å²) in [6.07, 6.45) is 1.77. The van der Waals surface area contributed by atoms with Gasteiger partial charge < -0.3 is 19.9 Å². The van der Waals surface area contributed by atoms with Crippen LogP contribution in [-0.2, 0) is 14.3 Å². The number of hydrogen-bond donors (Lipinski definition) is 1. The minimum absolute atomic E-state index is 0.0168. The number of fused-ring (bicyclic) bond motifs is 1. The van der Waals surface area contributed by atoms with Crippen LogP contribution in [0.3, 0.4) is 0 Å². The molecular weight excluding hydrogens is 361 g/mol. The average Bonchev–Trinajstić information content (AvgIpc) is 3.26. The standard InChI is InChI=1S/C21H28FN3O3/c1-28-13-19(26)25-11-16-10-24(21(27)14-5-7-23-8-6-14)12-18(16)20(25)15-3-2-4-17(22)9-15/h2-4,9,14,16,18,20,23H,5-8,10-13H2,1H3/t16-,18-,20+/m1/s1. The number of amides is 2. The summed E-state index contributed by atoms with van der Waals surface area (Å²) >= 11 is 0. The Hall–Kier alpha value is -1.99. The van der Waals surface area contributed by atoms with Crippen LogP contribution < -0.4 is 5.32 Å². The van der Waals surface area contributed by atoms with Crippen LogP contribution in [0.15, 0.2) is 24.3 Å². The molecule has 1 aromatic carbocycles. The second kappa shape index (κ2) is 8.17. The van der Waals surface area contributed by atoms with Crippen molar-refractivity contribution in [2.75, 3.05) is 46.4 Å². The molecule has 4 rings (SSSR count). The zero-order valence-corrected chi connectivity index (χ0v) is 16.3. The van der Waals surface area contributed by atoms with E-state index in [2.05, 4.69) is 5.32 Å². The minimum Gasteiger partial charge on any atom is -0.375 e. The molecule has 6 nitrogen and oxygen atoms in total. The highest BCUT2D eigenvalue weighted by Gasteiger charge is 2.50. The molecule has 28 heavy (non-hydrogen) atoms. The van der Waals surface area contributed by atoms with Crippen molar-refractivity contribution in [3.8, 4) is 0 Å². The number of piperidine rings is 1. The molecule has 0 saturated carbocycles. The van der Waals surface area contributed by atoms with Gasteiger partial charge in [-0.2, -0.15) is 0 Å². The third kappa shape index (κ3) is 3.65. The van der Waals surface area contributed by atoms with E-state index in [1.165, 1.54) is 19.2 Å². The monoisotopic (exact) mass is 389 g/mol. The summed E-state index contributed by atoms with van der Waals surface area (Å²) in [7, 11) is 1.51. The Balaban J connectivity index is 1.55. The summed E-state index contributed by atoms with van der Waals surface area (Å²) in [6.45, 7) is 3.69. The minimum atomic E-state index is -0.305. The molecule has 3 aliphatic rings. The van der Waals surface area contributed by atoms with Crippen molar-refractivity contribution in [2.24, 2.45) is 17.8 Å². The van der Waals surface area contributed by atoms with Crippen molar-refractivity contribution in [1.82, 2.24) is 15.1 Å². The first kappa shape index (κ1) is 19.3. The van der Waals surface area contributed by atoms with E-state index in [1.807, 2.05) is 15.9 Å². The lowest BCUT2D eigenvalue weighted by Gasteiger charge is -2.31.